The largest absolute Gasteiger partial charge is 0.390 e. The molecule has 5 rings (SSSR count). The summed E-state index contributed by atoms with van der Waals surface area (Å²) in [5, 5.41) is 19.4. The third-order valence-electron chi connectivity index (χ3n) is 6.79. The number of halogens is 1. The van der Waals surface area contributed by atoms with Crippen LogP contribution in [-0.2, 0) is 6.42 Å². The number of carbonyl (C=O) groups excluding carboxylic acids is 1. The number of hydrogen-bond acceptors (Lipinski definition) is 4. The predicted molar refractivity (Wildman–Crippen MR) is 128 cm³/mol. The lowest BCUT2D eigenvalue weighted by Gasteiger charge is -2.18. The van der Waals surface area contributed by atoms with Crippen LogP contribution < -0.4 is 5.73 Å². The summed E-state index contributed by atoms with van der Waals surface area (Å²) in [5.41, 5.74) is 9.68. The minimum absolute atomic E-state index is 0.0115. The highest BCUT2D eigenvalue weighted by molar-refractivity contribution is 5.98. The van der Waals surface area contributed by atoms with Crippen LogP contribution in [0, 0.1) is 17.1 Å². The summed E-state index contributed by atoms with van der Waals surface area (Å²) in [4.78, 5) is 14.9. The van der Waals surface area contributed by atoms with Gasteiger partial charge in [0.2, 0.25) is 0 Å². The van der Waals surface area contributed by atoms with Crippen LogP contribution in [0.2, 0.25) is 0 Å². The highest BCUT2D eigenvalue weighted by Gasteiger charge is 2.40. The molecule has 6 heteroatoms. The first-order chi connectivity index (χ1) is 16.3. The van der Waals surface area contributed by atoms with Crippen molar-refractivity contribution in [1.82, 2.24) is 4.90 Å². The van der Waals surface area contributed by atoms with E-state index in [0.29, 0.717) is 47.3 Å². The Labute approximate surface area is 198 Å². The Morgan fingerprint density at radius 2 is 1.82 bits per heavy atom. The maximum absolute atomic E-state index is 15.3. The van der Waals surface area contributed by atoms with E-state index >= 15 is 4.39 Å². The van der Waals surface area contributed by atoms with Crippen LogP contribution >= 0.6 is 0 Å². The molecule has 3 aromatic rings. The van der Waals surface area contributed by atoms with E-state index in [2.05, 4.69) is 6.07 Å². The van der Waals surface area contributed by atoms with E-state index in [1.54, 1.807) is 41.3 Å². The van der Waals surface area contributed by atoms with Gasteiger partial charge in [0.1, 0.15) is 5.82 Å². The third-order valence-corrected chi connectivity index (χ3v) is 6.79. The lowest BCUT2D eigenvalue weighted by Crippen LogP contribution is -2.31. The molecule has 2 aliphatic rings. The molecule has 5 nitrogen and oxygen atoms in total. The average Bonchev–Trinajstić information content (AvgIpc) is 3.40. The van der Waals surface area contributed by atoms with Crippen LogP contribution in [0.4, 0.5) is 4.39 Å². The lowest BCUT2D eigenvalue weighted by molar-refractivity contribution is 0.0791. The van der Waals surface area contributed by atoms with E-state index in [1.165, 1.54) is 6.07 Å². The van der Waals surface area contributed by atoms with Crippen molar-refractivity contribution >= 4 is 5.91 Å². The maximum atomic E-state index is 15.3. The molecule has 1 amide bonds. The Balaban J connectivity index is 1.56. The van der Waals surface area contributed by atoms with Gasteiger partial charge in [-0.3, -0.25) is 4.79 Å². The number of benzene rings is 3. The van der Waals surface area contributed by atoms with Crippen LogP contribution in [0.5, 0.6) is 0 Å². The number of hydrogen-bond donors (Lipinski definition) is 2. The number of carbonyl (C=O) groups is 1. The summed E-state index contributed by atoms with van der Waals surface area (Å²) in [6.45, 7) is 1.14. The van der Waals surface area contributed by atoms with E-state index in [0.717, 1.165) is 30.4 Å². The first kappa shape index (κ1) is 22.3. The number of aliphatic hydroxyl groups is 1. The molecule has 0 bridgehead atoms. The summed E-state index contributed by atoms with van der Waals surface area (Å²) in [6.07, 6.45) is 2.71. The standard InChI is InChI=1S/C28H26FN3O2/c29-26-13-19(15-28(34)10-11-28)3-7-24(26)23-8-6-21(27(33)32-12-9-22(31)17-32)14-25(23)20-4-1-18(16-30)2-5-20/h1-8,13-14,22,34H,9-12,15,17,31H2/t22-/m1/s1. The monoisotopic (exact) mass is 455 g/mol. The summed E-state index contributed by atoms with van der Waals surface area (Å²) in [6, 6.07) is 19.5. The molecule has 34 heavy (non-hydrogen) atoms. The number of nitrogens with zero attached hydrogens (tertiary/aromatic N) is 2. The number of nitrogens with two attached hydrogens (primary N) is 1. The molecule has 0 spiro atoms. The van der Waals surface area contributed by atoms with Gasteiger partial charge in [-0.2, -0.15) is 5.26 Å². The minimum Gasteiger partial charge on any atom is -0.390 e. The lowest BCUT2D eigenvalue weighted by atomic mass is 9.91. The maximum Gasteiger partial charge on any atom is 0.253 e. The van der Waals surface area contributed by atoms with Crippen LogP contribution in [0.1, 0.15) is 40.7 Å². The van der Waals surface area contributed by atoms with Gasteiger partial charge in [0.25, 0.3) is 5.91 Å². The van der Waals surface area contributed by atoms with Crippen molar-refractivity contribution in [1.29, 1.82) is 5.26 Å². The van der Waals surface area contributed by atoms with Gasteiger partial charge in [-0.1, -0.05) is 30.3 Å². The fourth-order valence-electron chi connectivity index (χ4n) is 4.62. The van der Waals surface area contributed by atoms with E-state index in [4.69, 9.17) is 11.0 Å². The van der Waals surface area contributed by atoms with E-state index in [1.807, 2.05) is 18.2 Å². The SMILES string of the molecule is N#Cc1ccc(-c2cc(C(=O)N3CC[C@@H](N)C3)ccc2-c2ccc(CC3(O)CC3)cc2F)cc1. The molecule has 1 aliphatic heterocycles. The number of rotatable bonds is 5. The molecule has 2 fully saturated rings. The van der Waals surface area contributed by atoms with Gasteiger partial charge in [0.05, 0.1) is 17.2 Å². The zero-order chi connectivity index (χ0) is 23.9. The fraction of sp³-hybridized carbons (Fsp3) is 0.286. The molecule has 1 atom stereocenters. The van der Waals surface area contributed by atoms with Crippen LogP contribution in [-0.4, -0.2) is 40.6 Å². The van der Waals surface area contributed by atoms with E-state index in [9.17, 15) is 9.90 Å². The van der Waals surface area contributed by atoms with Gasteiger partial charge in [-0.25, -0.2) is 4.39 Å². The van der Waals surface area contributed by atoms with Crippen molar-refractivity contribution in [2.75, 3.05) is 13.1 Å². The Hall–Kier alpha value is -3.53. The highest BCUT2D eigenvalue weighted by atomic mass is 19.1. The third kappa shape index (κ3) is 4.45. The molecular weight excluding hydrogens is 429 g/mol. The first-order valence-electron chi connectivity index (χ1n) is 11.6. The summed E-state index contributed by atoms with van der Waals surface area (Å²) in [7, 11) is 0. The van der Waals surface area contributed by atoms with Crippen molar-refractivity contribution in [2.45, 2.75) is 37.3 Å². The van der Waals surface area contributed by atoms with Crippen molar-refractivity contribution in [3.05, 3.63) is 83.2 Å². The van der Waals surface area contributed by atoms with Crippen molar-refractivity contribution < 1.29 is 14.3 Å². The molecule has 1 saturated heterocycles. The number of amides is 1. The number of likely N-dealkylation sites (tertiary alicyclic amines) is 1. The van der Waals surface area contributed by atoms with Gasteiger partial charge >= 0.3 is 0 Å². The predicted octanol–water partition coefficient (Wildman–Crippen LogP) is 4.27. The van der Waals surface area contributed by atoms with Gasteiger partial charge in [0, 0.05) is 36.7 Å². The second-order valence-corrected chi connectivity index (χ2v) is 9.46. The number of nitriles is 1. The van der Waals surface area contributed by atoms with Crippen LogP contribution in [0.3, 0.4) is 0 Å². The van der Waals surface area contributed by atoms with E-state index in [-0.39, 0.29) is 17.8 Å². The van der Waals surface area contributed by atoms with Gasteiger partial charge in [-0.15, -0.1) is 0 Å². The van der Waals surface area contributed by atoms with Crippen molar-refractivity contribution in [2.24, 2.45) is 5.73 Å². The van der Waals surface area contributed by atoms with Crippen LogP contribution in [0.15, 0.2) is 60.7 Å². The molecule has 172 valence electrons. The van der Waals surface area contributed by atoms with Crippen molar-refractivity contribution in [3.63, 3.8) is 0 Å². The molecule has 1 saturated carbocycles. The Bertz CT molecular complexity index is 1290. The second kappa shape index (κ2) is 8.68. The first-order valence-corrected chi connectivity index (χ1v) is 11.6. The quantitative estimate of drug-likeness (QED) is 0.601. The minimum atomic E-state index is -0.693. The normalized spacial score (nSPS) is 18.5. The molecule has 1 aliphatic carbocycles. The molecule has 3 N–H and O–H groups in total. The summed E-state index contributed by atoms with van der Waals surface area (Å²) in [5.74, 6) is -0.468. The van der Waals surface area contributed by atoms with E-state index < -0.39 is 5.60 Å². The molecule has 0 radical (unpaired) electrons. The van der Waals surface area contributed by atoms with Gasteiger partial charge in [-0.05, 0) is 71.8 Å². The summed E-state index contributed by atoms with van der Waals surface area (Å²) < 4.78 is 15.3. The highest BCUT2D eigenvalue weighted by Crippen LogP contribution is 2.40. The fourth-order valence-corrected chi connectivity index (χ4v) is 4.62. The Morgan fingerprint density at radius 3 is 2.44 bits per heavy atom. The summed E-state index contributed by atoms with van der Waals surface area (Å²) >= 11 is 0. The molecular formula is C28H26FN3O2. The zero-order valence-corrected chi connectivity index (χ0v) is 18.8. The smallest absolute Gasteiger partial charge is 0.253 e. The van der Waals surface area contributed by atoms with Gasteiger partial charge < -0.3 is 15.7 Å². The molecule has 0 unspecified atom stereocenters. The Kier molecular flexibility index (Phi) is 5.68. The molecule has 0 aromatic heterocycles. The molecule has 3 aromatic carbocycles. The average molecular weight is 456 g/mol. The second-order valence-electron chi connectivity index (χ2n) is 9.46. The topological polar surface area (TPSA) is 90.4 Å². The Morgan fingerprint density at radius 1 is 1.09 bits per heavy atom. The molecule has 1 heterocycles. The van der Waals surface area contributed by atoms with Crippen molar-refractivity contribution in [3.8, 4) is 28.3 Å². The van der Waals surface area contributed by atoms with Crippen LogP contribution in [0.25, 0.3) is 22.3 Å². The van der Waals surface area contributed by atoms with Gasteiger partial charge in [0.15, 0.2) is 0 Å². The zero-order valence-electron chi connectivity index (χ0n) is 18.8.